The average molecular weight is 253 g/mol. The second-order valence-corrected chi connectivity index (χ2v) is 5.39. The van der Waals surface area contributed by atoms with Gasteiger partial charge in [-0.05, 0) is 19.4 Å². The highest BCUT2D eigenvalue weighted by molar-refractivity contribution is 5.99. The molecule has 6 heteroatoms. The molecule has 0 radical (unpaired) electrons. The molecule has 3 aliphatic rings. The van der Waals surface area contributed by atoms with Crippen LogP contribution in [-0.2, 0) is 14.3 Å². The van der Waals surface area contributed by atoms with E-state index in [9.17, 15) is 9.59 Å². The summed E-state index contributed by atoms with van der Waals surface area (Å²) in [6.45, 7) is 4.14. The molecule has 18 heavy (non-hydrogen) atoms. The lowest BCUT2D eigenvalue weighted by Gasteiger charge is -2.37. The first-order chi connectivity index (χ1) is 8.70. The van der Waals surface area contributed by atoms with Crippen molar-refractivity contribution in [2.75, 3.05) is 39.3 Å². The van der Waals surface area contributed by atoms with Crippen molar-refractivity contribution in [3.8, 4) is 0 Å². The molecular formula is C12H19N3O3. The number of morpholine rings is 1. The number of imide groups is 1. The summed E-state index contributed by atoms with van der Waals surface area (Å²) in [6.07, 6.45) is 2.61. The third-order valence-corrected chi connectivity index (χ3v) is 3.94. The Morgan fingerprint density at radius 2 is 2.06 bits per heavy atom. The number of nitrogens with one attached hydrogen (secondary N) is 1. The highest BCUT2D eigenvalue weighted by Gasteiger charge is 2.34. The Morgan fingerprint density at radius 3 is 2.83 bits per heavy atom. The van der Waals surface area contributed by atoms with Crippen molar-refractivity contribution >= 4 is 11.8 Å². The van der Waals surface area contributed by atoms with Gasteiger partial charge < -0.3 is 4.74 Å². The fraction of sp³-hybridized carbons (Fsp3) is 0.833. The molecule has 3 saturated heterocycles. The first-order valence-corrected chi connectivity index (χ1v) is 6.61. The lowest BCUT2D eigenvalue weighted by molar-refractivity contribution is -0.137. The topological polar surface area (TPSA) is 61.9 Å². The van der Waals surface area contributed by atoms with Crippen molar-refractivity contribution in [2.45, 2.75) is 25.0 Å². The first kappa shape index (κ1) is 12.1. The molecule has 0 aromatic rings. The van der Waals surface area contributed by atoms with E-state index in [2.05, 4.69) is 10.2 Å². The van der Waals surface area contributed by atoms with E-state index in [4.69, 9.17) is 4.74 Å². The molecule has 0 bridgehead atoms. The summed E-state index contributed by atoms with van der Waals surface area (Å²) >= 11 is 0. The van der Waals surface area contributed by atoms with Gasteiger partial charge in [-0.2, -0.15) is 0 Å². The first-order valence-electron chi connectivity index (χ1n) is 6.61. The van der Waals surface area contributed by atoms with E-state index in [1.807, 2.05) is 4.90 Å². The van der Waals surface area contributed by atoms with Gasteiger partial charge in [0.25, 0.3) is 0 Å². The second-order valence-electron chi connectivity index (χ2n) is 5.39. The Kier molecular flexibility index (Phi) is 3.32. The largest absolute Gasteiger partial charge is 0.374 e. The van der Waals surface area contributed by atoms with Crippen LogP contribution in [0.5, 0.6) is 0 Å². The molecule has 2 unspecified atom stereocenters. The van der Waals surface area contributed by atoms with Gasteiger partial charge in [-0.25, -0.2) is 0 Å². The van der Waals surface area contributed by atoms with Crippen molar-refractivity contribution < 1.29 is 14.3 Å². The van der Waals surface area contributed by atoms with Gasteiger partial charge in [0.2, 0.25) is 11.8 Å². The molecule has 0 aromatic carbocycles. The van der Waals surface area contributed by atoms with E-state index in [1.54, 1.807) is 0 Å². The number of fused-ring (bicyclic) bond motifs is 1. The molecule has 2 atom stereocenters. The third kappa shape index (κ3) is 2.55. The molecule has 100 valence electrons. The summed E-state index contributed by atoms with van der Waals surface area (Å²) in [6, 6.07) is 0.590. The SMILES string of the molecule is O=C1CN(CC2CN3CCCC3CO2)CC(=O)N1. The predicted molar refractivity (Wildman–Crippen MR) is 63.9 cm³/mol. The highest BCUT2D eigenvalue weighted by atomic mass is 16.5. The zero-order chi connectivity index (χ0) is 12.5. The number of carbonyl (C=O) groups is 2. The second kappa shape index (κ2) is 4.95. The quantitative estimate of drug-likeness (QED) is 0.627. The minimum atomic E-state index is -0.207. The van der Waals surface area contributed by atoms with Crippen LogP contribution in [0, 0.1) is 0 Å². The fourth-order valence-corrected chi connectivity index (χ4v) is 3.11. The van der Waals surface area contributed by atoms with Crippen LogP contribution >= 0.6 is 0 Å². The Labute approximate surface area is 106 Å². The monoisotopic (exact) mass is 253 g/mol. The molecule has 3 heterocycles. The molecule has 0 saturated carbocycles. The number of rotatable bonds is 2. The smallest absolute Gasteiger partial charge is 0.240 e. The lowest BCUT2D eigenvalue weighted by Crippen LogP contribution is -2.56. The Morgan fingerprint density at radius 1 is 1.28 bits per heavy atom. The van der Waals surface area contributed by atoms with E-state index < -0.39 is 0 Å². The van der Waals surface area contributed by atoms with Gasteiger partial charge in [0.05, 0.1) is 25.8 Å². The molecule has 1 N–H and O–H groups in total. The zero-order valence-corrected chi connectivity index (χ0v) is 10.4. The summed E-state index contributed by atoms with van der Waals surface area (Å²) in [5.41, 5.74) is 0. The molecule has 0 aliphatic carbocycles. The molecular weight excluding hydrogens is 234 g/mol. The minimum absolute atomic E-state index is 0.123. The van der Waals surface area contributed by atoms with Crippen LogP contribution < -0.4 is 5.32 Å². The van der Waals surface area contributed by atoms with Crippen molar-refractivity contribution in [3.05, 3.63) is 0 Å². The molecule has 0 aromatic heterocycles. The summed E-state index contributed by atoms with van der Waals surface area (Å²) in [5, 5.41) is 2.31. The van der Waals surface area contributed by atoms with Crippen molar-refractivity contribution in [2.24, 2.45) is 0 Å². The minimum Gasteiger partial charge on any atom is -0.374 e. The van der Waals surface area contributed by atoms with E-state index in [0.717, 1.165) is 19.7 Å². The van der Waals surface area contributed by atoms with Crippen LogP contribution in [0.1, 0.15) is 12.8 Å². The maximum absolute atomic E-state index is 11.3. The van der Waals surface area contributed by atoms with Crippen molar-refractivity contribution in [1.82, 2.24) is 15.1 Å². The number of hydrogen-bond donors (Lipinski definition) is 1. The van der Waals surface area contributed by atoms with Crippen LogP contribution in [0.3, 0.4) is 0 Å². The highest BCUT2D eigenvalue weighted by Crippen LogP contribution is 2.22. The molecule has 6 nitrogen and oxygen atoms in total. The predicted octanol–water partition coefficient (Wildman–Crippen LogP) is -1.19. The standard InChI is InChI=1S/C12H19N3O3/c16-11-6-14(7-12(17)13-11)4-10-5-15-3-1-2-9(15)8-18-10/h9-10H,1-8H2,(H,13,16,17). The number of hydrogen-bond acceptors (Lipinski definition) is 5. The van der Waals surface area contributed by atoms with Gasteiger partial charge in [0.1, 0.15) is 0 Å². The lowest BCUT2D eigenvalue weighted by atomic mass is 10.1. The maximum Gasteiger partial charge on any atom is 0.240 e. The Balaban J connectivity index is 1.53. The summed E-state index contributed by atoms with van der Waals surface area (Å²) in [7, 11) is 0. The number of ether oxygens (including phenoxy) is 1. The zero-order valence-electron chi connectivity index (χ0n) is 10.4. The number of piperazine rings is 1. The van der Waals surface area contributed by atoms with Crippen LogP contribution in [0.25, 0.3) is 0 Å². The van der Waals surface area contributed by atoms with Crippen molar-refractivity contribution in [3.63, 3.8) is 0 Å². The van der Waals surface area contributed by atoms with Gasteiger partial charge in [-0.1, -0.05) is 0 Å². The van der Waals surface area contributed by atoms with Crippen LogP contribution in [-0.4, -0.2) is 73.1 Å². The molecule has 3 aliphatic heterocycles. The average Bonchev–Trinajstić information content (AvgIpc) is 2.74. The van der Waals surface area contributed by atoms with Crippen LogP contribution in [0.15, 0.2) is 0 Å². The van der Waals surface area contributed by atoms with Crippen molar-refractivity contribution in [1.29, 1.82) is 0 Å². The fourth-order valence-electron chi connectivity index (χ4n) is 3.11. The number of nitrogens with zero attached hydrogens (tertiary/aromatic N) is 2. The van der Waals surface area contributed by atoms with Gasteiger partial charge in [-0.15, -0.1) is 0 Å². The van der Waals surface area contributed by atoms with E-state index in [0.29, 0.717) is 25.7 Å². The van der Waals surface area contributed by atoms with E-state index in [1.165, 1.54) is 12.8 Å². The third-order valence-electron chi connectivity index (χ3n) is 3.94. The normalized spacial score (nSPS) is 34.4. The molecule has 3 fully saturated rings. The maximum atomic E-state index is 11.3. The molecule has 3 rings (SSSR count). The molecule has 2 amide bonds. The Bertz CT molecular complexity index is 344. The summed E-state index contributed by atoms with van der Waals surface area (Å²) < 4.78 is 5.84. The Hall–Kier alpha value is -0.980. The van der Waals surface area contributed by atoms with Crippen LogP contribution in [0.2, 0.25) is 0 Å². The summed E-state index contributed by atoms with van der Waals surface area (Å²) in [4.78, 5) is 26.9. The van der Waals surface area contributed by atoms with Gasteiger partial charge in [0, 0.05) is 19.1 Å². The van der Waals surface area contributed by atoms with Crippen LogP contribution in [0.4, 0.5) is 0 Å². The summed E-state index contributed by atoms with van der Waals surface area (Å²) in [5.74, 6) is -0.415. The van der Waals surface area contributed by atoms with Gasteiger partial charge in [0.15, 0.2) is 0 Å². The molecule has 0 spiro atoms. The van der Waals surface area contributed by atoms with Gasteiger partial charge in [-0.3, -0.25) is 24.7 Å². The number of amides is 2. The van der Waals surface area contributed by atoms with E-state index in [-0.39, 0.29) is 17.9 Å². The van der Waals surface area contributed by atoms with Gasteiger partial charge >= 0.3 is 0 Å². The number of carbonyl (C=O) groups excluding carboxylic acids is 2. The van der Waals surface area contributed by atoms with E-state index >= 15 is 0 Å².